The number of aliphatic carboxylic acids is 1. The van der Waals surface area contributed by atoms with Gasteiger partial charge in [0.1, 0.15) is 0 Å². The molecule has 1 aliphatic heterocycles. The molecule has 1 fully saturated rings. The van der Waals surface area contributed by atoms with Gasteiger partial charge >= 0.3 is 5.97 Å². The number of rotatable bonds is 12. The second-order valence-electron chi connectivity index (χ2n) is 7.41. The Kier molecular flexibility index (Phi) is 11.5. The molecule has 2 unspecified atom stereocenters. The highest BCUT2D eigenvalue weighted by molar-refractivity contribution is 5.79. The van der Waals surface area contributed by atoms with Gasteiger partial charge in [0.05, 0.1) is 12.1 Å². The van der Waals surface area contributed by atoms with Crippen molar-refractivity contribution in [3.8, 4) is 11.8 Å². The lowest BCUT2D eigenvalue weighted by Crippen LogP contribution is -2.33. The summed E-state index contributed by atoms with van der Waals surface area (Å²) in [7, 11) is 0. The smallest absolute Gasteiger partial charge is 0.303 e. The first-order valence-electron chi connectivity index (χ1n) is 10.3. The summed E-state index contributed by atoms with van der Waals surface area (Å²) in [5.74, 6) is 5.71. The summed E-state index contributed by atoms with van der Waals surface area (Å²) in [6.07, 6.45) is 10.8. The Morgan fingerprint density at radius 2 is 2.04 bits per heavy atom. The summed E-state index contributed by atoms with van der Waals surface area (Å²) in [6, 6.07) is 0.0598. The van der Waals surface area contributed by atoms with Crippen LogP contribution in [0.2, 0.25) is 0 Å². The molecular weight excluding hydrogens is 342 g/mol. The molecule has 0 bridgehead atoms. The van der Waals surface area contributed by atoms with Gasteiger partial charge in [-0.2, -0.15) is 0 Å². The van der Waals surface area contributed by atoms with E-state index in [0.717, 1.165) is 38.5 Å². The van der Waals surface area contributed by atoms with E-state index in [-0.39, 0.29) is 24.3 Å². The van der Waals surface area contributed by atoms with Crippen molar-refractivity contribution < 1.29 is 19.8 Å². The summed E-state index contributed by atoms with van der Waals surface area (Å²) in [5, 5.41) is 18.9. The van der Waals surface area contributed by atoms with Crippen LogP contribution in [0.4, 0.5) is 0 Å². The zero-order chi connectivity index (χ0) is 20.1. The number of aliphatic hydroxyl groups is 1. The van der Waals surface area contributed by atoms with Crippen LogP contribution < -0.4 is 0 Å². The SMILES string of the molecule is CCCC#CCC(C)C(O)/C=C/[C@H]1CCC(=O)N1CCCCCCC(=O)O. The largest absolute Gasteiger partial charge is 0.481 e. The highest BCUT2D eigenvalue weighted by atomic mass is 16.4. The molecular formula is C22H35NO4. The van der Waals surface area contributed by atoms with E-state index >= 15 is 0 Å². The van der Waals surface area contributed by atoms with Crippen LogP contribution in [0.5, 0.6) is 0 Å². The van der Waals surface area contributed by atoms with E-state index in [0.29, 0.717) is 25.8 Å². The first kappa shape index (κ1) is 23.2. The molecule has 0 saturated carbocycles. The lowest BCUT2D eigenvalue weighted by atomic mass is 9.99. The van der Waals surface area contributed by atoms with Gasteiger partial charge in [-0.25, -0.2) is 0 Å². The lowest BCUT2D eigenvalue weighted by Gasteiger charge is -2.23. The van der Waals surface area contributed by atoms with Crippen molar-refractivity contribution in [2.24, 2.45) is 5.92 Å². The molecule has 0 radical (unpaired) electrons. The number of hydrogen-bond donors (Lipinski definition) is 2. The maximum absolute atomic E-state index is 12.1. The quantitative estimate of drug-likeness (QED) is 0.308. The number of carbonyl (C=O) groups is 2. The van der Waals surface area contributed by atoms with Crippen molar-refractivity contribution in [1.82, 2.24) is 4.90 Å². The average molecular weight is 378 g/mol. The molecule has 152 valence electrons. The number of likely N-dealkylation sites (tertiary alicyclic amines) is 1. The maximum Gasteiger partial charge on any atom is 0.303 e. The highest BCUT2D eigenvalue weighted by Crippen LogP contribution is 2.21. The molecule has 1 aliphatic rings. The fourth-order valence-corrected chi connectivity index (χ4v) is 3.16. The third-order valence-electron chi connectivity index (χ3n) is 4.95. The van der Waals surface area contributed by atoms with Crippen LogP contribution in [0, 0.1) is 17.8 Å². The topological polar surface area (TPSA) is 77.8 Å². The molecule has 27 heavy (non-hydrogen) atoms. The molecule has 1 saturated heterocycles. The number of carboxylic acids is 1. The van der Waals surface area contributed by atoms with E-state index in [1.165, 1.54) is 0 Å². The standard InChI is InChI=1S/C22H35NO4/c1-3-4-5-8-11-18(2)20(24)15-13-19-14-16-21(25)23(19)17-10-7-6-9-12-22(26)27/h13,15,18-20,24H,3-4,6-7,9-12,14,16-17H2,1-2H3,(H,26,27)/b15-13+/t18?,19-,20?/m0/s1. The number of hydrogen-bond acceptors (Lipinski definition) is 3. The molecule has 1 rings (SSSR count). The zero-order valence-electron chi connectivity index (χ0n) is 16.8. The van der Waals surface area contributed by atoms with Gasteiger partial charge in [-0.05, 0) is 31.6 Å². The Labute approximate surface area is 163 Å². The van der Waals surface area contributed by atoms with E-state index in [1.54, 1.807) is 0 Å². The minimum absolute atomic E-state index is 0.0598. The second-order valence-corrected chi connectivity index (χ2v) is 7.41. The summed E-state index contributed by atoms with van der Waals surface area (Å²) >= 11 is 0. The summed E-state index contributed by atoms with van der Waals surface area (Å²) in [4.78, 5) is 24.5. The highest BCUT2D eigenvalue weighted by Gasteiger charge is 2.28. The van der Waals surface area contributed by atoms with E-state index in [2.05, 4.69) is 18.8 Å². The molecule has 0 aromatic carbocycles. The first-order chi connectivity index (χ1) is 13.0. The average Bonchev–Trinajstić information content (AvgIpc) is 2.99. The Morgan fingerprint density at radius 3 is 2.74 bits per heavy atom. The van der Waals surface area contributed by atoms with Gasteiger partial charge < -0.3 is 15.1 Å². The molecule has 0 spiro atoms. The zero-order valence-corrected chi connectivity index (χ0v) is 16.8. The van der Waals surface area contributed by atoms with E-state index < -0.39 is 12.1 Å². The summed E-state index contributed by atoms with van der Waals surface area (Å²) in [6.45, 7) is 4.79. The third-order valence-corrected chi connectivity index (χ3v) is 4.95. The van der Waals surface area contributed by atoms with Gasteiger partial charge in [-0.3, -0.25) is 9.59 Å². The molecule has 5 nitrogen and oxygen atoms in total. The number of carboxylic acid groups (broad SMARTS) is 1. The Morgan fingerprint density at radius 1 is 1.30 bits per heavy atom. The summed E-state index contributed by atoms with van der Waals surface area (Å²) in [5.41, 5.74) is 0. The molecule has 1 heterocycles. The Hall–Kier alpha value is -1.80. The monoisotopic (exact) mass is 377 g/mol. The number of amides is 1. The molecule has 0 aromatic rings. The molecule has 2 N–H and O–H groups in total. The fourth-order valence-electron chi connectivity index (χ4n) is 3.16. The fraction of sp³-hybridized carbons (Fsp3) is 0.727. The van der Waals surface area contributed by atoms with Gasteiger partial charge in [0.2, 0.25) is 5.91 Å². The van der Waals surface area contributed by atoms with Crippen molar-refractivity contribution in [2.45, 2.75) is 90.2 Å². The van der Waals surface area contributed by atoms with Crippen molar-refractivity contribution in [3.63, 3.8) is 0 Å². The number of aliphatic hydroxyl groups excluding tert-OH is 1. The normalized spacial score (nSPS) is 19.1. The Balaban J connectivity index is 2.38. The van der Waals surface area contributed by atoms with Crippen LogP contribution in [-0.4, -0.2) is 45.7 Å². The molecule has 5 heteroatoms. The third kappa shape index (κ3) is 9.63. The Bertz CT molecular complexity index is 546. The number of nitrogens with zero attached hydrogens (tertiary/aromatic N) is 1. The van der Waals surface area contributed by atoms with Crippen molar-refractivity contribution in [2.75, 3.05) is 6.54 Å². The predicted octanol–water partition coefficient (Wildman–Crippen LogP) is 3.76. The molecule has 0 aromatic heterocycles. The lowest BCUT2D eigenvalue weighted by molar-refractivity contribution is -0.137. The van der Waals surface area contributed by atoms with E-state index in [9.17, 15) is 14.7 Å². The minimum atomic E-state index is -0.751. The van der Waals surface area contributed by atoms with Crippen LogP contribution in [0.3, 0.4) is 0 Å². The summed E-state index contributed by atoms with van der Waals surface area (Å²) < 4.78 is 0. The van der Waals surface area contributed by atoms with Gasteiger partial charge in [0.15, 0.2) is 0 Å². The molecule has 0 aliphatic carbocycles. The van der Waals surface area contributed by atoms with Gasteiger partial charge in [0.25, 0.3) is 0 Å². The maximum atomic E-state index is 12.1. The van der Waals surface area contributed by atoms with E-state index in [4.69, 9.17) is 5.11 Å². The number of carbonyl (C=O) groups excluding carboxylic acids is 1. The van der Waals surface area contributed by atoms with Gasteiger partial charge in [-0.1, -0.05) is 38.8 Å². The molecule has 1 amide bonds. The van der Waals surface area contributed by atoms with Gasteiger partial charge in [0, 0.05) is 32.2 Å². The van der Waals surface area contributed by atoms with Crippen LogP contribution >= 0.6 is 0 Å². The van der Waals surface area contributed by atoms with Crippen LogP contribution in [0.15, 0.2) is 12.2 Å². The van der Waals surface area contributed by atoms with Crippen molar-refractivity contribution in [3.05, 3.63) is 12.2 Å². The van der Waals surface area contributed by atoms with Crippen molar-refractivity contribution >= 4 is 11.9 Å². The second kappa shape index (κ2) is 13.4. The van der Waals surface area contributed by atoms with E-state index in [1.807, 2.05) is 24.0 Å². The molecule has 3 atom stereocenters. The van der Waals surface area contributed by atoms with Crippen LogP contribution in [0.25, 0.3) is 0 Å². The van der Waals surface area contributed by atoms with Crippen molar-refractivity contribution in [1.29, 1.82) is 0 Å². The van der Waals surface area contributed by atoms with Crippen LogP contribution in [-0.2, 0) is 9.59 Å². The first-order valence-corrected chi connectivity index (χ1v) is 10.3. The predicted molar refractivity (Wildman–Crippen MR) is 107 cm³/mol. The minimum Gasteiger partial charge on any atom is -0.481 e. The van der Waals surface area contributed by atoms with Crippen LogP contribution in [0.1, 0.15) is 78.1 Å². The number of unbranched alkanes of at least 4 members (excludes halogenated alkanes) is 4. The van der Waals surface area contributed by atoms with Gasteiger partial charge in [-0.15, -0.1) is 11.8 Å².